The molecule has 0 aliphatic heterocycles. The van der Waals surface area contributed by atoms with Gasteiger partial charge in [0.15, 0.2) is 0 Å². The average molecular weight is 390 g/mol. The smallest absolute Gasteiger partial charge is 0.277 e. The summed E-state index contributed by atoms with van der Waals surface area (Å²) in [5.41, 5.74) is 2.23. The van der Waals surface area contributed by atoms with Gasteiger partial charge < -0.3 is 9.32 Å². The standard InChI is InChI=1S/C21H31N3O2S/c1-13(2)24(14(3)4)19(25)15(5)27-20-23-22-18(26-20)16-9-11-17(12-10-16)21(6,7)8/h9-15H,1-8H3/t15-/m0/s1. The second-order valence-corrected chi connectivity index (χ2v) is 9.69. The Labute approximate surface area is 166 Å². The normalized spacial score (nSPS) is 13.3. The second kappa shape index (κ2) is 8.46. The molecule has 0 saturated carbocycles. The highest BCUT2D eigenvalue weighted by Crippen LogP contribution is 2.29. The largest absolute Gasteiger partial charge is 0.411 e. The van der Waals surface area contributed by atoms with E-state index in [0.29, 0.717) is 11.1 Å². The minimum atomic E-state index is -0.286. The fraction of sp³-hybridized carbons (Fsp3) is 0.571. The van der Waals surface area contributed by atoms with Gasteiger partial charge >= 0.3 is 0 Å². The molecule has 2 rings (SSSR count). The van der Waals surface area contributed by atoms with Crippen LogP contribution in [0.5, 0.6) is 0 Å². The maximum absolute atomic E-state index is 12.8. The summed E-state index contributed by atoms with van der Waals surface area (Å²) in [7, 11) is 0. The van der Waals surface area contributed by atoms with Crippen molar-refractivity contribution in [3.63, 3.8) is 0 Å². The lowest BCUT2D eigenvalue weighted by Crippen LogP contribution is -2.45. The maximum Gasteiger partial charge on any atom is 0.277 e. The predicted molar refractivity (Wildman–Crippen MR) is 111 cm³/mol. The van der Waals surface area contributed by atoms with Crippen LogP contribution in [0.2, 0.25) is 0 Å². The monoisotopic (exact) mass is 389 g/mol. The van der Waals surface area contributed by atoms with Gasteiger partial charge in [-0.05, 0) is 57.7 Å². The van der Waals surface area contributed by atoms with Crippen molar-refractivity contribution in [2.75, 3.05) is 0 Å². The number of rotatable bonds is 6. The minimum Gasteiger partial charge on any atom is -0.411 e. The van der Waals surface area contributed by atoms with Crippen LogP contribution in [-0.4, -0.2) is 38.3 Å². The molecule has 0 aliphatic carbocycles. The number of aromatic nitrogens is 2. The van der Waals surface area contributed by atoms with E-state index in [1.165, 1.54) is 17.3 Å². The lowest BCUT2D eigenvalue weighted by atomic mass is 9.87. The molecule has 2 aromatic rings. The van der Waals surface area contributed by atoms with Crippen LogP contribution in [-0.2, 0) is 10.2 Å². The second-order valence-electron chi connectivity index (χ2n) is 8.39. The zero-order valence-electron chi connectivity index (χ0n) is 17.6. The molecule has 1 aromatic heterocycles. The fourth-order valence-electron chi connectivity index (χ4n) is 3.00. The molecule has 0 fully saturated rings. The first-order valence-corrected chi connectivity index (χ1v) is 10.3. The van der Waals surface area contributed by atoms with E-state index in [4.69, 9.17) is 4.42 Å². The summed E-state index contributed by atoms with van der Waals surface area (Å²) in [6.07, 6.45) is 0. The van der Waals surface area contributed by atoms with Gasteiger partial charge in [0.1, 0.15) is 0 Å². The Hall–Kier alpha value is -1.82. The van der Waals surface area contributed by atoms with E-state index in [1.807, 2.05) is 51.7 Å². The lowest BCUT2D eigenvalue weighted by molar-refractivity contribution is -0.133. The van der Waals surface area contributed by atoms with Gasteiger partial charge in [0.05, 0.1) is 5.25 Å². The number of hydrogen-bond donors (Lipinski definition) is 0. The van der Waals surface area contributed by atoms with E-state index >= 15 is 0 Å². The Balaban J connectivity index is 2.10. The van der Waals surface area contributed by atoms with Crippen LogP contribution in [0.25, 0.3) is 11.5 Å². The number of thioether (sulfide) groups is 1. The summed E-state index contributed by atoms with van der Waals surface area (Å²) >= 11 is 1.31. The Bertz CT molecular complexity index is 752. The Morgan fingerprint density at radius 2 is 1.56 bits per heavy atom. The van der Waals surface area contributed by atoms with Gasteiger partial charge in [-0.15, -0.1) is 10.2 Å². The summed E-state index contributed by atoms with van der Waals surface area (Å²) in [4.78, 5) is 14.6. The summed E-state index contributed by atoms with van der Waals surface area (Å²) < 4.78 is 5.79. The van der Waals surface area contributed by atoms with Gasteiger partial charge in [-0.25, -0.2) is 0 Å². The van der Waals surface area contributed by atoms with E-state index in [9.17, 15) is 4.79 Å². The molecule has 0 bridgehead atoms. The van der Waals surface area contributed by atoms with Gasteiger partial charge in [0.25, 0.3) is 5.22 Å². The number of benzene rings is 1. The molecular weight excluding hydrogens is 358 g/mol. The molecule has 0 aliphatic rings. The average Bonchev–Trinajstić information content (AvgIpc) is 3.01. The van der Waals surface area contributed by atoms with Gasteiger partial charge in [-0.3, -0.25) is 4.79 Å². The number of amides is 1. The SMILES string of the molecule is CC(C)N(C(=O)[C@H](C)Sc1nnc(-c2ccc(C(C)(C)C)cc2)o1)C(C)C. The van der Waals surface area contributed by atoms with Crippen molar-refractivity contribution in [1.82, 2.24) is 15.1 Å². The highest BCUT2D eigenvalue weighted by atomic mass is 32.2. The molecule has 0 saturated heterocycles. The zero-order valence-corrected chi connectivity index (χ0v) is 18.4. The first kappa shape index (κ1) is 21.5. The number of carbonyl (C=O) groups is 1. The molecule has 5 nitrogen and oxygen atoms in total. The Kier molecular flexibility index (Phi) is 6.73. The van der Waals surface area contributed by atoms with E-state index in [2.05, 4.69) is 43.1 Å². The van der Waals surface area contributed by atoms with Crippen LogP contribution in [0.3, 0.4) is 0 Å². The quantitative estimate of drug-likeness (QED) is 0.639. The van der Waals surface area contributed by atoms with Crippen molar-refractivity contribution < 1.29 is 9.21 Å². The predicted octanol–water partition coefficient (Wildman–Crippen LogP) is 5.16. The molecule has 1 amide bonds. The summed E-state index contributed by atoms with van der Waals surface area (Å²) in [6, 6.07) is 8.47. The number of carbonyl (C=O) groups excluding carboxylic acids is 1. The summed E-state index contributed by atoms with van der Waals surface area (Å²) in [6.45, 7) is 16.5. The lowest BCUT2D eigenvalue weighted by Gasteiger charge is -2.32. The molecule has 0 radical (unpaired) electrons. The third-order valence-corrected chi connectivity index (χ3v) is 5.32. The fourth-order valence-corrected chi connectivity index (χ4v) is 3.74. The zero-order chi connectivity index (χ0) is 20.4. The highest BCUT2D eigenvalue weighted by Gasteiger charge is 2.27. The maximum atomic E-state index is 12.8. The van der Waals surface area contributed by atoms with E-state index in [-0.39, 0.29) is 28.7 Å². The van der Waals surface area contributed by atoms with Gasteiger partial charge in [0.2, 0.25) is 11.8 Å². The molecule has 27 heavy (non-hydrogen) atoms. The van der Waals surface area contributed by atoms with Crippen molar-refractivity contribution in [3.8, 4) is 11.5 Å². The van der Waals surface area contributed by atoms with Crippen LogP contribution in [0, 0.1) is 0 Å². The molecule has 0 spiro atoms. The third kappa shape index (κ3) is 5.34. The van der Waals surface area contributed by atoms with Crippen LogP contribution in [0.15, 0.2) is 33.9 Å². The van der Waals surface area contributed by atoms with Crippen LogP contribution in [0.4, 0.5) is 0 Å². The third-order valence-electron chi connectivity index (χ3n) is 4.40. The highest BCUT2D eigenvalue weighted by molar-refractivity contribution is 8.00. The van der Waals surface area contributed by atoms with E-state index in [0.717, 1.165) is 5.56 Å². The van der Waals surface area contributed by atoms with Gasteiger partial charge in [-0.1, -0.05) is 44.7 Å². The van der Waals surface area contributed by atoms with Crippen LogP contribution in [0.1, 0.15) is 61.0 Å². The Morgan fingerprint density at radius 3 is 2.04 bits per heavy atom. The minimum absolute atomic E-state index is 0.0827. The molecule has 0 N–H and O–H groups in total. The molecule has 1 heterocycles. The van der Waals surface area contributed by atoms with Gasteiger partial charge in [-0.2, -0.15) is 0 Å². The van der Waals surface area contributed by atoms with E-state index in [1.54, 1.807) is 0 Å². The topological polar surface area (TPSA) is 59.2 Å². The van der Waals surface area contributed by atoms with Crippen molar-refractivity contribution in [3.05, 3.63) is 29.8 Å². The van der Waals surface area contributed by atoms with Crippen LogP contribution >= 0.6 is 11.8 Å². The molecular formula is C21H31N3O2S. The molecule has 6 heteroatoms. The first-order valence-electron chi connectivity index (χ1n) is 9.44. The number of hydrogen-bond acceptors (Lipinski definition) is 5. The van der Waals surface area contributed by atoms with E-state index < -0.39 is 0 Å². The molecule has 0 unspecified atom stereocenters. The van der Waals surface area contributed by atoms with Gasteiger partial charge in [0, 0.05) is 17.6 Å². The molecule has 1 aromatic carbocycles. The van der Waals surface area contributed by atoms with Crippen molar-refractivity contribution in [2.45, 2.75) is 83.4 Å². The first-order chi connectivity index (χ1) is 12.5. The van der Waals surface area contributed by atoms with Crippen molar-refractivity contribution in [2.24, 2.45) is 0 Å². The summed E-state index contributed by atoms with van der Waals surface area (Å²) in [5.74, 6) is 0.557. The molecule has 1 atom stereocenters. The van der Waals surface area contributed by atoms with Crippen molar-refractivity contribution in [1.29, 1.82) is 0 Å². The Morgan fingerprint density at radius 1 is 1.00 bits per heavy atom. The van der Waals surface area contributed by atoms with Crippen molar-refractivity contribution >= 4 is 17.7 Å². The molecule has 148 valence electrons. The number of nitrogens with zero attached hydrogens (tertiary/aromatic N) is 3. The van der Waals surface area contributed by atoms with Crippen LogP contribution < -0.4 is 0 Å². The summed E-state index contributed by atoms with van der Waals surface area (Å²) in [5, 5.41) is 8.38.